The summed E-state index contributed by atoms with van der Waals surface area (Å²) in [5, 5.41) is 3.64. The molecule has 0 heterocycles. The molecule has 118 valence electrons. The Labute approximate surface area is 142 Å². The van der Waals surface area contributed by atoms with Gasteiger partial charge in [-0.15, -0.1) is 0 Å². The zero-order chi connectivity index (χ0) is 16.8. The highest BCUT2D eigenvalue weighted by Crippen LogP contribution is 2.15. The minimum atomic E-state index is -0.00163. The van der Waals surface area contributed by atoms with Gasteiger partial charge in [-0.3, -0.25) is 4.79 Å². The lowest BCUT2D eigenvalue weighted by Crippen LogP contribution is -2.31. The maximum atomic E-state index is 11.0. The molecule has 3 heteroatoms. The van der Waals surface area contributed by atoms with Crippen LogP contribution in [-0.2, 0) is 11.2 Å². The summed E-state index contributed by atoms with van der Waals surface area (Å²) in [7, 11) is 0. The van der Waals surface area contributed by atoms with Crippen LogP contribution in [-0.4, -0.2) is 11.9 Å². The largest absolute Gasteiger partial charge is 0.354 e. The van der Waals surface area contributed by atoms with Gasteiger partial charge in [0.25, 0.3) is 0 Å². The Kier molecular flexibility index (Phi) is 5.84. The molecule has 0 saturated carbocycles. The maximum Gasteiger partial charge on any atom is 0.217 e. The van der Waals surface area contributed by atoms with Gasteiger partial charge in [0.2, 0.25) is 5.91 Å². The van der Waals surface area contributed by atoms with Crippen LogP contribution in [0.5, 0.6) is 0 Å². The van der Waals surface area contributed by atoms with Crippen molar-refractivity contribution in [1.82, 2.24) is 5.32 Å². The van der Waals surface area contributed by atoms with Crippen molar-refractivity contribution in [3.63, 3.8) is 0 Å². The third-order valence-electron chi connectivity index (χ3n) is 3.45. The summed E-state index contributed by atoms with van der Waals surface area (Å²) < 4.78 is 0. The molecule has 0 fully saturated rings. The number of benzene rings is 2. The van der Waals surface area contributed by atoms with Crippen LogP contribution in [0.4, 0.5) is 0 Å². The SMILES string of the molecule is CC(=O)NC(C)Cc1ccc(C#Cc2ccc(Cl)c(C)c2)cc1. The molecule has 0 aromatic heterocycles. The Bertz CT molecular complexity index is 753. The van der Waals surface area contributed by atoms with E-state index in [9.17, 15) is 4.79 Å². The lowest BCUT2D eigenvalue weighted by atomic mass is 10.0. The topological polar surface area (TPSA) is 29.1 Å². The third kappa shape index (κ3) is 5.47. The summed E-state index contributed by atoms with van der Waals surface area (Å²) in [6, 6.07) is 14.0. The Hall–Kier alpha value is -2.24. The molecular weight excluding hydrogens is 306 g/mol. The Morgan fingerprint density at radius 1 is 1.13 bits per heavy atom. The molecule has 1 N–H and O–H groups in total. The van der Waals surface area contributed by atoms with E-state index < -0.39 is 0 Å². The fraction of sp³-hybridized carbons (Fsp3) is 0.250. The van der Waals surface area contributed by atoms with E-state index in [0.29, 0.717) is 0 Å². The zero-order valence-electron chi connectivity index (χ0n) is 13.6. The van der Waals surface area contributed by atoms with Crippen molar-refractivity contribution in [1.29, 1.82) is 0 Å². The summed E-state index contributed by atoms with van der Waals surface area (Å²) in [5.41, 5.74) is 4.13. The van der Waals surface area contributed by atoms with Gasteiger partial charge >= 0.3 is 0 Å². The lowest BCUT2D eigenvalue weighted by Gasteiger charge is -2.12. The first kappa shape index (κ1) is 17.1. The van der Waals surface area contributed by atoms with Gasteiger partial charge in [-0.2, -0.15) is 0 Å². The second kappa shape index (κ2) is 7.85. The summed E-state index contributed by atoms with van der Waals surface area (Å²) in [6.45, 7) is 5.50. The van der Waals surface area contributed by atoms with Crippen LogP contribution in [0.2, 0.25) is 5.02 Å². The van der Waals surface area contributed by atoms with E-state index in [1.807, 2.05) is 44.2 Å². The second-order valence-electron chi connectivity index (χ2n) is 5.72. The predicted octanol–water partition coefficient (Wildman–Crippen LogP) is 4.12. The van der Waals surface area contributed by atoms with Gasteiger partial charge in [-0.25, -0.2) is 0 Å². The number of amides is 1. The normalized spacial score (nSPS) is 11.3. The summed E-state index contributed by atoms with van der Waals surface area (Å²) >= 11 is 6.01. The number of halogens is 1. The minimum absolute atomic E-state index is 0.00163. The van der Waals surface area contributed by atoms with E-state index in [-0.39, 0.29) is 11.9 Å². The number of hydrogen-bond acceptors (Lipinski definition) is 1. The molecule has 0 saturated heterocycles. The highest BCUT2D eigenvalue weighted by molar-refractivity contribution is 6.31. The van der Waals surface area contributed by atoms with E-state index >= 15 is 0 Å². The van der Waals surface area contributed by atoms with Crippen LogP contribution in [0.3, 0.4) is 0 Å². The molecule has 0 spiro atoms. The molecule has 2 aromatic carbocycles. The van der Waals surface area contributed by atoms with Crippen molar-refractivity contribution in [2.75, 3.05) is 0 Å². The van der Waals surface area contributed by atoms with Gasteiger partial charge in [0, 0.05) is 29.1 Å². The van der Waals surface area contributed by atoms with Crippen LogP contribution in [0.25, 0.3) is 0 Å². The van der Waals surface area contributed by atoms with Crippen molar-refractivity contribution in [2.24, 2.45) is 0 Å². The molecule has 0 aliphatic carbocycles. The average Bonchev–Trinajstić information content (AvgIpc) is 2.49. The van der Waals surface area contributed by atoms with Crippen LogP contribution >= 0.6 is 11.6 Å². The van der Waals surface area contributed by atoms with Gasteiger partial charge in [0.05, 0.1) is 0 Å². The van der Waals surface area contributed by atoms with E-state index in [1.54, 1.807) is 0 Å². The molecule has 0 radical (unpaired) electrons. The van der Waals surface area contributed by atoms with E-state index in [0.717, 1.165) is 28.1 Å². The third-order valence-corrected chi connectivity index (χ3v) is 3.88. The zero-order valence-corrected chi connectivity index (χ0v) is 14.4. The molecule has 0 aliphatic heterocycles. The molecule has 2 aromatic rings. The number of nitrogens with one attached hydrogen (secondary N) is 1. The fourth-order valence-corrected chi connectivity index (χ4v) is 2.46. The van der Waals surface area contributed by atoms with Gasteiger partial charge in [-0.1, -0.05) is 35.6 Å². The fourth-order valence-electron chi connectivity index (χ4n) is 2.34. The number of carbonyl (C=O) groups is 1. The number of aryl methyl sites for hydroxylation is 1. The Morgan fingerprint density at radius 3 is 2.35 bits per heavy atom. The molecule has 1 amide bonds. The van der Waals surface area contributed by atoms with Crippen LogP contribution in [0.1, 0.15) is 36.1 Å². The summed E-state index contributed by atoms with van der Waals surface area (Å²) in [5.74, 6) is 6.31. The van der Waals surface area contributed by atoms with Crippen LogP contribution in [0.15, 0.2) is 42.5 Å². The molecule has 2 nitrogen and oxygen atoms in total. The molecule has 0 aliphatic rings. The number of hydrogen-bond donors (Lipinski definition) is 1. The summed E-state index contributed by atoms with van der Waals surface area (Å²) in [6.07, 6.45) is 0.809. The second-order valence-corrected chi connectivity index (χ2v) is 6.12. The highest BCUT2D eigenvalue weighted by Gasteiger charge is 2.04. The van der Waals surface area contributed by atoms with Crippen molar-refractivity contribution in [3.8, 4) is 11.8 Å². The maximum absolute atomic E-state index is 11.0. The van der Waals surface area contributed by atoms with Crippen LogP contribution in [0, 0.1) is 18.8 Å². The van der Waals surface area contributed by atoms with Crippen molar-refractivity contribution in [3.05, 3.63) is 69.7 Å². The first-order chi connectivity index (χ1) is 10.9. The summed E-state index contributed by atoms with van der Waals surface area (Å²) in [4.78, 5) is 11.0. The first-order valence-corrected chi connectivity index (χ1v) is 7.96. The quantitative estimate of drug-likeness (QED) is 0.845. The van der Waals surface area contributed by atoms with Crippen LogP contribution < -0.4 is 5.32 Å². The highest BCUT2D eigenvalue weighted by atomic mass is 35.5. The first-order valence-electron chi connectivity index (χ1n) is 7.58. The molecule has 23 heavy (non-hydrogen) atoms. The Morgan fingerprint density at radius 2 is 1.74 bits per heavy atom. The smallest absolute Gasteiger partial charge is 0.217 e. The van der Waals surface area contributed by atoms with Gasteiger partial charge in [0.15, 0.2) is 0 Å². The van der Waals surface area contributed by atoms with E-state index in [4.69, 9.17) is 11.6 Å². The molecular formula is C20H20ClNO. The molecule has 2 rings (SSSR count). The number of rotatable bonds is 3. The van der Waals surface area contributed by atoms with Crippen molar-refractivity contribution >= 4 is 17.5 Å². The predicted molar refractivity (Wildman–Crippen MR) is 95.6 cm³/mol. The van der Waals surface area contributed by atoms with E-state index in [2.05, 4.69) is 29.3 Å². The van der Waals surface area contributed by atoms with Gasteiger partial charge in [-0.05, 0) is 61.7 Å². The van der Waals surface area contributed by atoms with E-state index in [1.165, 1.54) is 12.5 Å². The molecule has 0 bridgehead atoms. The lowest BCUT2D eigenvalue weighted by molar-refractivity contribution is -0.119. The van der Waals surface area contributed by atoms with Gasteiger partial charge < -0.3 is 5.32 Å². The monoisotopic (exact) mass is 325 g/mol. The van der Waals surface area contributed by atoms with Crippen molar-refractivity contribution in [2.45, 2.75) is 33.2 Å². The average molecular weight is 326 g/mol. The molecule has 1 unspecified atom stereocenters. The minimum Gasteiger partial charge on any atom is -0.354 e. The van der Waals surface area contributed by atoms with Crippen molar-refractivity contribution < 1.29 is 4.79 Å². The number of carbonyl (C=O) groups excluding carboxylic acids is 1. The Balaban J connectivity index is 2.04. The standard InChI is InChI=1S/C20H20ClNO/c1-14-12-18(10-11-20(14)21)7-4-17-5-8-19(9-6-17)13-15(2)22-16(3)23/h5-6,8-12,15H,13H2,1-3H3,(H,22,23). The van der Waals surface area contributed by atoms with Gasteiger partial charge in [0.1, 0.15) is 0 Å². The molecule has 1 atom stereocenters.